The van der Waals surface area contributed by atoms with Gasteiger partial charge < -0.3 is 14.5 Å². The third-order valence-electron chi connectivity index (χ3n) is 2.37. The summed E-state index contributed by atoms with van der Waals surface area (Å²) in [6.45, 7) is 1.30. The highest BCUT2D eigenvalue weighted by Crippen LogP contribution is 2.32. The SMILES string of the molecule is COC(=O)c1cc(Br)cc2[nH]cc(OC(C)=O)c12. The zero-order chi connectivity index (χ0) is 13.3. The minimum absolute atomic E-state index is 0.311. The van der Waals surface area contributed by atoms with Crippen molar-refractivity contribution in [2.45, 2.75) is 6.92 Å². The topological polar surface area (TPSA) is 68.4 Å². The maximum absolute atomic E-state index is 11.7. The molecule has 18 heavy (non-hydrogen) atoms. The van der Waals surface area contributed by atoms with E-state index in [4.69, 9.17) is 9.47 Å². The summed E-state index contributed by atoms with van der Waals surface area (Å²) in [4.78, 5) is 25.7. The first-order chi connectivity index (χ1) is 8.52. The Balaban J connectivity index is 2.69. The zero-order valence-electron chi connectivity index (χ0n) is 9.74. The van der Waals surface area contributed by atoms with Crippen LogP contribution < -0.4 is 4.74 Å². The van der Waals surface area contributed by atoms with Gasteiger partial charge in [0.05, 0.1) is 23.6 Å². The van der Waals surface area contributed by atoms with E-state index in [2.05, 4.69) is 20.9 Å². The van der Waals surface area contributed by atoms with Gasteiger partial charge >= 0.3 is 11.9 Å². The average molecular weight is 312 g/mol. The lowest BCUT2D eigenvalue weighted by atomic mass is 10.1. The van der Waals surface area contributed by atoms with Crippen molar-refractivity contribution < 1.29 is 19.1 Å². The fraction of sp³-hybridized carbons (Fsp3) is 0.167. The Morgan fingerprint density at radius 3 is 2.67 bits per heavy atom. The van der Waals surface area contributed by atoms with Crippen molar-refractivity contribution in [2.75, 3.05) is 7.11 Å². The van der Waals surface area contributed by atoms with Gasteiger partial charge in [-0.05, 0) is 12.1 Å². The molecule has 0 aliphatic heterocycles. The number of benzene rings is 1. The Hall–Kier alpha value is -1.82. The molecule has 0 saturated carbocycles. The molecule has 1 aromatic heterocycles. The molecule has 1 N–H and O–H groups in total. The van der Waals surface area contributed by atoms with Crippen LogP contribution in [0, 0.1) is 0 Å². The Morgan fingerprint density at radius 1 is 1.33 bits per heavy atom. The van der Waals surface area contributed by atoms with Gasteiger partial charge in [-0.2, -0.15) is 0 Å². The van der Waals surface area contributed by atoms with E-state index in [0.29, 0.717) is 22.2 Å². The Bertz CT molecular complexity index is 632. The van der Waals surface area contributed by atoms with E-state index in [1.54, 1.807) is 12.1 Å². The number of esters is 2. The van der Waals surface area contributed by atoms with Gasteiger partial charge in [-0.25, -0.2) is 4.79 Å². The Kier molecular flexibility index (Phi) is 3.38. The van der Waals surface area contributed by atoms with Gasteiger partial charge in [0.2, 0.25) is 0 Å². The monoisotopic (exact) mass is 311 g/mol. The van der Waals surface area contributed by atoms with Crippen LogP contribution in [-0.2, 0) is 9.53 Å². The molecule has 0 amide bonds. The van der Waals surface area contributed by atoms with Crippen LogP contribution in [0.5, 0.6) is 5.75 Å². The number of carbonyl (C=O) groups excluding carboxylic acids is 2. The lowest BCUT2D eigenvalue weighted by Crippen LogP contribution is -2.04. The van der Waals surface area contributed by atoms with Crippen molar-refractivity contribution in [1.82, 2.24) is 4.98 Å². The number of halogens is 1. The fourth-order valence-corrected chi connectivity index (χ4v) is 2.17. The van der Waals surface area contributed by atoms with Gasteiger partial charge in [-0.15, -0.1) is 0 Å². The molecule has 0 aliphatic carbocycles. The van der Waals surface area contributed by atoms with Gasteiger partial charge in [0.25, 0.3) is 0 Å². The Labute approximate surface area is 111 Å². The van der Waals surface area contributed by atoms with E-state index in [1.165, 1.54) is 20.2 Å². The third-order valence-corrected chi connectivity index (χ3v) is 2.83. The van der Waals surface area contributed by atoms with Crippen LogP contribution in [0.25, 0.3) is 10.9 Å². The van der Waals surface area contributed by atoms with Crippen molar-refractivity contribution in [3.05, 3.63) is 28.4 Å². The summed E-state index contributed by atoms with van der Waals surface area (Å²) in [5.41, 5.74) is 1.01. The summed E-state index contributed by atoms with van der Waals surface area (Å²) >= 11 is 3.31. The van der Waals surface area contributed by atoms with Gasteiger partial charge in [0.15, 0.2) is 5.75 Å². The summed E-state index contributed by atoms with van der Waals surface area (Å²) in [7, 11) is 1.30. The van der Waals surface area contributed by atoms with Crippen LogP contribution in [0.1, 0.15) is 17.3 Å². The van der Waals surface area contributed by atoms with E-state index in [-0.39, 0.29) is 0 Å². The summed E-state index contributed by atoms with van der Waals surface area (Å²) in [6.07, 6.45) is 1.53. The van der Waals surface area contributed by atoms with Crippen LogP contribution in [0.3, 0.4) is 0 Å². The number of aromatic nitrogens is 1. The normalized spacial score (nSPS) is 10.4. The highest BCUT2D eigenvalue weighted by Gasteiger charge is 2.18. The third kappa shape index (κ3) is 2.24. The summed E-state index contributed by atoms with van der Waals surface area (Å²) in [6, 6.07) is 3.41. The van der Waals surface area contributed by atoms with E-state index in [0.717, 1.165) is 4.47 Å². The lowest BCUT2D eigenvalue weighted by molar-refractivity contribution is -0.131. The highest BCUT2D eigenvalue weighted by atomic mass is 79.9. The molecule has 0 aliphatic rings. The highest BCUT2D eigenvalue weighted by molar-refractivity contribution is 9.10. The summed E-state index contributed by atoms with van der Waals surface area (Å²) in [5.74, 6) is -0.630. The van der Waals surface area contributed by atoms with Crippen LogP contribution in [0.15, 0.2) is 22.8 Å². The van der Waals surface area contributed by atoms with Crippen molar-refractivity contribution >= 4 is 38.8 Å². The van der Waals surface area contributed by atoms with Crippen molar-refractivity contribution in [2.24, 2.45) is 0 Å². The molecular formula is C12H10BrNO4. The van der Waals surface area contributed by atoms with E-state index < -0.39 is 11.9 Å². The van der Waals surface area contributed by atoms with Crippen molar-refractivity contribution in [3.8, 4) is 5.75 Å². The minimum Gasteiger partial charge on any atom is -0.465 e. The molecule has 5 nitrogen and oxygen atoms in total. The van der Waals surface area contributed by atoms with E-state index >= 15 is 0 Å². The lowest BCUT2D eigenvalue weighted by Gasteiger charge is -2.05. The molecule has 0 spiro atoms. The molecule has 0 fully saturated rings. The number of ether oxygens (including phenoxy) is 2. The molecule has 0 saturated heterocycles. The first-order valence-corrected chi connectivity index (χ1v) is 5.89. The number of methoxy groups -OCH3 is 1. The maximum atomic E-state index is 11.7. The van der Waals surface area contributed by atoms with Crippen molar-refractivity contribution in [1.29, 1.82) is 0 Å². The predicted octanol–water partition coefficient (Wildman–Crippen LogP) is 2.64. The number of rotatable bonds is 2. The number of fused-ring (bicyclic) bond motifs is 1. The number of carbonyl (C=O) groups is 2. The molecule has 0 unspecified atom stereocenters. The maximum Gasteiger partial charge on any atom is 0.338 e. The predicted molar refractivity (Wildman–Crippen MR) is 68.6 cm³/mol. The molecule has 0 radical (unpaired) electrons. The summed E-state index contributed by atoms with van der Waals surface area (Å²) in [5, 5.41) is 0.528. The zero-order valence-corrected chi connectivity index (χ0v) is 11.3. The quantitative estimate of drug-likeness (QED) is 0.866. The number of H-pyrrole nitrogens is 1. The number of aromatic amines is 1. The molecular weight excluding hydrogens is 302 g/mol. The molecule has 6 heteroatoms. The minimum atomic E-state index is -0.491. The van der Waals surface area contributed by atoms with Crippen LogP contribution in [-0.4, -0.2) is 24.0 Å². The van der Waals surface area contributed by atoms with Gasteiger partial charge in [0, 0.05) is 17.6 Å². The van der Waals surface area contributed by atoms with Gasteiger partial charge in [-0.3, -0.25) is 4.79 Å². The second kappa shape index (κ2) is 4.81. The summed E-state index contributed by atoms with van der Waals surface area (Å²) < 4.78 is 10.5. The Morgan fingerprint density at radius 2 is 2.06 bits per heavy atom. The van der Waals surface area contributed by atoms with Crippen molar-refractivity contribution in [3.63, 3.8) is 0 Å². The average Bonchev–Trinajstić information content (AvgIpc) is 2.69. The van der Waals surface area contributed by atoms with E-state index in [9.17, 15) is 9.59 Å². The van der Waals surface area contributed by atoms with Crippen LogP contribution in [0.2, 0.25) is 0 Å². The smallest absolute Gasteiger partial charge is 0.338 e. The molecule has 94 valence electrons. The van der Waals surface area contributed by atoms with E-state index in [1.807, 2.05) is 0 Å². The first kappa shape index (κ1) is 12.6. The molecule has 0 bridgehead atoms. The molecule has 2 rings (SSSR count). The number of nitrogens with one attached hydrogen (secondary N) is 1. The molecule has 2 aromatic rings. The standard InChI is InChI=1S/C12H10BrNO4/c1-6(15)18-10-5-14-9-4-7(13)3-8(11(9)10)12(16)17-2/h3-5,14H,1-2H3. The van der Waals surface area contributed by atoms with Crippen LogP contribution in [0.4, 0.5) is 0 Å². The van der Waals surface area contributed by atoms with Gasteiger partial charge in [-0.1, -0.05) is 15.9 Å². The first-order valence-electron chi connectivity index (χ1n) is 5.10. The number of hydrogen-bond acceptors (Lipinski definition) is 4. The second-order valence-electron chi connectivity index (χ2n) is 3.61. The second-order valence-corrected chi connectivity index (χ2v) is 4.53. The molecule has 0 atom stereocenters. The van der Waals surface area contributed by atoms with Gasteiger partial charge in [0.1, 0.15) is 0 Å². The fourth-order valence-electron chi connectivity index (χ4n) is 1.71. The molecule has 1 heterocycles. The molecule has 1 aromatic carbocycles. The number of hydrogen-bond donors (Lipinski definition) is 1. The largest absolute Gasteiger partial charge is 0.465 e. The van der Waals surface area contributed by atoms with Crippen LogP contribution >= 0.6 is 15.9 Å².